The lowest BCUT2D eigenvalue weighted by Crippen LogP contribution is -2.27. The molecule has 20 aromatic heterocycles. The molecule has 0 aromatic carbocycles. The quantitative estimate of drug-likeness (QED) is 0.0300. The number of H-pyrrole nitrogens is 8. The van der Waals surface area contributed by atoms with Gasteiger partial charge >= 0.3 is 0 Å². The van der Waals surface area contributed by atoms with Gasteiger partial charge in [-0.25, -0.2) is 39.9 Å². The van der Waals surface area contributed by atoms with E-state index in [9.17, 15) is 38.4 Å². The molecule has 20 aromatic rings. The molecule has 0 spiro atoms. The number of aromatic amines is 8. The van der Waals surface area contributed by atoms with Gasteiger partial charge in [0, 0.05) is 202 Å². The van der Waals surface area contributed by atoms with E-state index in [-0.39, 0.29) is 81.2 Å². The highest BCUT2D eigenvalue weighted by Gasteiger charge is 2.30. The fourth-order valence-corrected chi connectivity index (χ4v) is 17.3. The molecule has 23 rings (SSSR count). The van der Waals surface area contributed by atoms with Crippen molar-refractivity contribution in [2.24, 2.45) is 11.8 Å². The molecule has 3 fully saturated rings. The number of fused-ring (bicyclic) bond motifs is 8. The number of nitrogens with zero attached hydrogens (tertiary/aromatic N) is 23. The van der Waals surface area contributed by atoms with Crippen molar-refractivity contribution in [1.82, 2.24) is 160 Å². The summed E-state index contributed by atoms with van der Waals surface area (Å²) < 4.78 is 0. The zero-order valence-electron chi connectivity index (χ0n) is 79.2. The van der Waals surface area contributed by atoms with Crippen molar-refractivity contribution in [2.45, 2.75) is 128 Å². The second-order valence-electron chi connectivity index (χ2n) is 35.7. The summed E-state index contributed by atoms with van der Waals surface area (Å²) in [6.07, 6.45) is 39.2. The first kappa shape index (κ1) is 100. The van der Waals surface area contributed by atoms with Gasteiger partial charge < -0.3 is 55.9 Å². The zero-order valence-corrected chi connectivity index (χ0v) is 79.2. The van der Waals surface area contributed by atoms with Gasteiger partial charge in [0.15, 0.2) is 45.9 Å². The van der Waals surface area contributed by atoms with Gasteiger partial charge in [-0.15, -0.1) is 0 Å². The maximum absolute atomic E-state index is 13.1. The van der Waals surface area contributed by atoms with Gasteiger partial charge in [-0.05, 0) is 93.0 Å². The van der Waals surface area contributed by atoms with Gasteiger partial charge in [0.2, 0.25) is 17.7 Å². The Labute approximate surface area is 839 Å². The Morgan fingerprint density at radius 3 is 0.980 bits per heavy atom. The molecule has 0 saturated carbocycles. The van der Waals surface area contributed by atoms with Crippen LogP contribution in [0.4, 0.5) is 17.1 Å². The Balaban J connectivity index is 0.000000133. The minimum atomic E-state index is -0.271. The van der Waals surface area contributed by atoms with Gasteiger partial charge in [0.05, 0.1) is 126 Å². The van der Waals surface area contributed by atoms with Crippen molar-refractivity contribution < 1.29 is 38.4 Å². The molecule has 43 nitrogen and oxygen atoms in total. The number of aromatic nitrogens is 28. The monoisotopic (exact) mass is 1970 g/mol. The van der Waals surface area contributed by atoms with Crippen LogP contribution in [0.2, 0.25) is 0 Å². The summed E-state index contributed by atoms with van der Waals surface area (Å²) in [6, 6.07) is 17.2. The van der Waals surface area contributed by atoms with Crippen LogP contribution in [0.15, 0.2) is 172 Å². The Hall–Kier alpha value is -18.5. The van der Waals surface area contributed by atoms with Gasteiger partial charge in [-0.1, -0.05) is 69.9 Å². The number of ketones is 1. The number of amides is 7. The zero-order chi connectivity index (χ0) is 99.3. The third-order valence-corrected chi connectivity index (χ3v) is 24.9. The van der Waals surface area contributed by atoms with E-state index < -0.39 is 0 Å². The highest BCUT2D eigenvalue weighted by atomic mass is 16.2. The molecule has 0 aliphatic carbocycles. The lowest BCUT2D eigenvalue weighted by molar-refractivity contribution is -0.119. The minimum absolute atomic E-state index is 0. The SMILES string of the molecule is C.C.C.CC(C)C(=O)Nc1cncc(-c2cnc3n[nH]c(-c4nc5c(C(=O)N6CCCC6)cncc5[nH]4)c3c2)c1.CC(C)CC(=O)Nc1cncc(-c2cnc3n[nH]c(-c4nc5c(C(=O)N6CCCC6)cncc5[nH]4)c3c2)c1.CCC(=O)Cc1ccc(-c2cnc3n[nH]c(-c4nc5c(C(=O)N6CCCC6)cncc5[nH]4)c3c2)cn1.CCC(=O)Nc1cncc(-c2cnc3n[nH]c(-c4nc5c(C(=O)NC)cncc5[nH]4)c3c2)c1. The second kappa shape index (κ2) is 43.5. The molecule has 147 heavy (non-hydrogen) atoms. The highest BCUT2D eigenvalue weighted by molar-refractivity contribution is 6.10. The molecule has 12 N–H and O–H groups in total. The Morgan fingerprint density at radius 1 is 0.347 bits per heavy atom. The summed E-state index contributed by atoms with van der Waals surface area (Å²) in [5, 5.41) is 43.6. The molecule has 0 bridgehead atoms. The van der Waals surface area contributed by atoms with E-state index in [4.69, 9.17) is 15.0 Å². The van der Waals surface area contributed by atoms with Crippen molar-refractivity contribution >= 4 is 152 Å². The standard InChI is InChI=1S/C27H27N9O2.C26H25N9O2.C26H24N8O2.C22H19N9O2.3CH4/c1-15(2)7-22(37)31-18-8-16(10-28-12-18)17-9-19-24(34-35-25(19)30-11-17)26-32-21-14-29-13-20(23(21)33-26)27(38)36-5-3-4-6-36;1-14(2)25(36)30-17-7-15(9-27-11-17)16-8-18-22(33-34-23(18)29-10-16)24-31-20-13-28-12-19(21(20)32-24)26(37)35-5-3-4-6-35;1-2-18(35)10-17-6-5-15(11-28-17)16-9-19-23(32-33-24(19)29-12-16)25-30-21-14-27-13-20(22(21)31-25)26(36)34-7-3-4-8-34;1-3-17(32)27-13-4-11(6-24-8-13)12-5-14-19(30-31-20(14)26-7-12)21-28-16-10-25-9-15(18(16)29-21)22(33)23-2;;;/h8-15H,3-7H2,1-2H3,(H,31,37)(H,32,33)(H,30,34,35);7-14H,3-6H2,1-2H3,(H,30,36)(H,31,32)(H,29,33,34);5-6,9,11-14H,2-4,7-8,10H2,1H3,(H,30,31)(H,29,32,33);4-10H,3H2,1-2H3,(H,23,33)(H,27,32)(H,28,29)(H,26,30,31);3*1H4. The molecule has 0 unspecified atom stereocenters. The third kappa shape index (κ3) is 21.1. The molecular weight excluding hydrogens is 1870 g/mol. The third-order valence-electron chi connectivity index (χ3n) is 24.9. The van der Waals surface area contributed by atoms with Crippen LogP contribution in [0.5, 0.6) is 0 Å². The van der Waals surface area contributed by atoms with E-state index in [0.29, 0.717) is 178 Å². The van der Waals surface area contributed by atoms with Crippen molar-refractivity contribution in [3.05, 3.63) is 200 Å². The van der Waals surface area contributed by atoms with Gasteiger partial charge in [0.25, 0.3) is 23.6 Å². The van der Waals surface area contributed by atoms with E-state index in [1.165, 1.54) is 6.20 Å². The maximum Gasteiger partial charge on any atom is 0.257 e. The first-order valence-corrected chi connectivity index (χ1v) is 47.2. The Bertz CT molecular complexity index is 8350. The number of nitrogens with one attached hydrogen (secondary N) is 12. The smallest absolute Gasteiger partial charge is 0.257 e. The number of imidazole rings is 4. The Kier molecular flexibility index (Phi) is 29.6. The summed E-state index contributed by atoms with van der Waals surface area (Å²) in [5.74, 6) is 1.80. The molecule has 7 amide bonds. The van der Waals surface area contributed by atoms with Crippen LogP contribution in [0.25, 0.3) is 179 Å². The number of hydrogen-bond donors (Lipinski definition) is 12. The number of carbonyl (C=O) groups excluding carboxylic acids is 8. The van der Waals surface area contributed by atoms with E-state index >= 15 is 0 Å². The summed E-state index contributed by atoms with van der Waals surface area (Å²) in [4.78, 5) is 189. The summed E-state index contributed by atoms with van der Waals surface area (Å²) in [5.41, 5.74) is 20.7. The van der Waals surface area contributed by atoms with Crippen LogP contribution >= 0.6 is 0 Å². The van der Waals surface area contributed by atoms with Gasteiger partial charge in [-0.3, -0.25) is 98.6 Å². The fraction of sp³-hybridized carbons (Fsp3) is 0.269. The predicted octanol–water partition coefficient (Wildman–Crippen LogP) is 16.3. The normalized spacial score (nSPS) is 12.8. The molecule has 23 heterocycles. The van der Waals surface area contributed by atoms with Crippen molar-refractivity contribution in [3.63, 3.8) is 0 Å². The number of likely N-dealkylation sites (tertiary alicyclic amines) is 3. The fourth-order valence-electron chi connectivity index (χ4n) is 17.3. The molecule has 3 aliphatic rings. The molecule has 0 atom stereocenters. The van der Waals surface area contributed by atoms with Crippen LogP contribution in [-0.4, -0.2) is 249 Å². The number of Topliss-reactive ketones (excluding diaryl/α,β-unsaturated/α-hetero) is 1. The van der Waals surface area contributed by atoms with Crippen LogP contribution < -0.4 is 21.3 Å². The van der Waals surface area contributed by atoms with Crippen LogP contribution in [0.1, 0.15) is 169 Å². The summed E-state index contributed by atoms with van der Waals surface area (Å²) in [6.45, 7) is 15.9. The number of pyridine rings is 12. The number of carbonyl (C=O) groups is 8. The Morgan fingerprint density at radius 2 is 0.660 bits per heavy atom. The lowest BCUT2D eigenvalue weighted by atomic mass is 10.1. The van der Waals surface area contributed by atoms with E-state index in [1.54, 1.807) is 126 Å². The van der Waals surface area contributed by atoms with Crippen molar-refractivity contribution in [2.75, 3.05) is 62.3 Å². The average Bonchev–Trinajstić information content (AvgIpc) is 1.63. The molecule has 3 aliphatic heterocycles. The summed E-state index contributed by atoms with van der Waals surface area (Å²) >= 11 is 0. The molecular formula is C104H107N35O8. The summed E-state index contributed by atoms with van der Waals surface area (Å²) in [7, 11) is 1.56. The average molecular weight is 1980 g/mol. The van der Waals surface area contributed by atoms with Crippen LogP contribution in [0.3, 0.4) is 0 Å². The minimum Gasteiger partial charge on any atom is -0.355 e. The topological polar surface area (TPSA) is 579 Å². The van der Waals surface area contributed by atoms with Crippen molar-refractivity contribution in [1.29, 1.82) is 0 Å². The van der Waals surface area contributed by atoms with Crippen LogP contribution in [-0.2, 0) is 25.6 Å². The van der Waals surface area contributed by atoms with E-state index in [2.05, 4.69) is 147 Å². The van der Waals surface area contributed by atoms with E-state index in [0.717, 1.165) is 150 Å². The maximum atomic E-state index is 13.1. The lowest BCUT2D eigenvalue weighted by Gasteiger charge is -2.14. The predicted molar refractivity (Wildman–Crippen MR) is 558 cm³/mol. The van der Waals surface area contributed by atoms with Crippen LogP contribution in [0, 0.1) is 11.8 Å². The first-order valence-electron chi connectivity index (χ1n) is 47.2. The van der Waals surface area contributed by atoms with Crippen molar-refractivity contribution in [3.8, 4) is 90.6 Å². The van der Waals surface area contributed by atoms with Gasteiger partial charge in [0.1, 0.15) is 50.6 Å². The number of anilines is 3. The molecule has 746 valence electrons. The largest absolute Gasteiger partial charge is 0.355 e. The van der Waals surface area contributed by atoms with E-state index in [1.807, 2.05) is 104 Å². The number of hydrogen-bond acceptors (Lipinski definition) is 28. The molecule has 43 heteroatoms. The first-order chi connectivity index (χ1) is 70.1. The highest BCUT2D eigenvalue weighted by Crippen LogP contribution is 2.38. The molecule has 0 radical (unpaired) electrons. The number of rotatable bonds is 22. The van der Waals surface area contributed by atoms with Gasteiger partial charge in [-0.2, -0.15) is 20.4 Å². The molecule has 3 saturated heterocycles. The second-order valence-corrected chi connectivity index (χ2v) is 35.7.